The number of amides is 3. The molecular weight excluding hydrogens is 427 g/mol. The molecule has 0 spiro atoms. The molecule has 0 aliphatic carbocycles. The van der Waals surface area contributed by atoms with Crippen LogP contribution in [0.2, 0.25) is 10.0 Å². The molecule has 0 atom stereocenters. The van der Waals surface area contributed by atoms with E-state index < -0.39 is 17.7 Å². The Hall–Kier alpha value is -3.35. The van der Waals surface area contributed by atoms with Crippen molar-refractivity contribution in [2.75, 3.05) is 17.3 Å². The molecule has 150 valence electrons. The first-order valence-electron chi connectivity index (χ1n) is 8.83. The van der Waals surface area contributed by atoms with Gasteiger partial charge in [-0.25, -0.2) is 4.90 Å². The maximum Gasteiger partial charge on any atom is 0.266 e. The van der Waals surface area contributed by atoms with Gasteiger partial charge in [-0.2, -0.15) is 0 Å². The summed E-state index contributed by atoms with van der Waals surface area (Å²) >= 11 is 12.4. The number of benzene rings is 3. The van der Waals surface area contributed by atoms with Gasteiger partial charge >= 0.3 is 0 Å². The van der Waals surface area contributed by atoms with Crippen LogP contribution >= 0.6 is 23.2 Å². The van der Waals surface area contributed by atoms with Crippen LogP contribution in [-0.4, -0.2) is 24.8 Å². The number of fused-ring (bicyclic) bond motifs is 1. The second kappa shape index (κ2) is 7.82. The van der Waals surface area contributed by atoms with Gasteiger partial charge in [0.05, 0.1) is 39.7 Å². The van der Waals surface area contributed by atoms with Crippen molar-refractivity contribution >= 4 is 52.3 Å². The standard InChI is InChI=1S/C22H14Cl2N2O4/c1-30-19-9-6-12(10-17(19)24)20(27)25-18-8-7-13(11-16(18)23)26-21(28)14-4-2-3-5-15(14)22(26)29/h2-11H,1H3,(H,25,27). The minimum Gasteiger partial charge on any atom is -0.495 e. The van der Waals surface area contributed by atoms with E-state index in [9.17, 15) is 14.4 Å². The van der Waals surface area contributed by atoms with Crippen molar-refractivity contribution < 1.29 is 19.1 Å². The number of ether oxygens (including phenoxy) is 1. The Morgan fingerprint density at radius 1 is 0.900 bits per heavy atom. The van der Waals surface area contributed by atoms with Gasteiger partial charge in [-0.05, 0) is 48.5 Å². The second-order valence-corrected chi connectivity index (χ2v) is 7.27. The number of nitrogens with one attached hydrogen (secondary N) is 1. The molecule has 3 amide bonds. The molecule has 1 heterocycles. The highest BCUT2D eigenvalue weighted by Crippen LogP contribution is 2.33. The Kier molecular flexibility index (Phi) is 5.20. The first kappa shape index (κ1) is 19.9. The van der Waals surface area contributed by atoms with Crippen molar-refractivity contribution in [3.63, 3.8) is 0 Å². The fraction of sp³-hybridized carbons (Fsp3) is 0.0455. The maximum absolute atomic E-state index is 12.6. The summed E-state index contributed by atoms with van der Waals surface area (Å²) in [4.78, 5) is 38.8. The molecule has 0 aromatic heterocycles. The Morgan fingerprint density at radius 3 is 2.13 bits per heavy atom. The largest absolute Gasteiger partial charge is 0.495 e. The normalized spacial score (nSPS) is 12.7. The number of nitrogens with zero attached hydrogens (tertiary/aromatic N) is 1. The molecule has 30 heavy (non-hydrogen) atoms. The average Bonchev–Trinajstić information content (AvgIpc) is 3.00. The van der Waals surface area contributed by atoms with Crippen LogP contribution in [0.3, 0.4) is 0 Å². The van der Waals surface area contributed by atoms with E-state index >= 15 is 0 Å². The van der Waals surface area contributed by atoms with Gasteiger partial charge in [0.25, 0.3) is 17.7 Å². The van der Waals surface area contributed by atoms with E-state index in [1.54, 1.807) is 42.5 Å². The lowest BCUT2D eigenvalue weighted by atomic mass is 10.1. The van der Waals surface area contributed by atoms with E-state index in [1.165, 1.54) is 25.3 Å². The molecule has 8 heteroatoms. The number of carbonyl (C=O) groups excluding carboxylic acids is 3. The number of hydrogen-bond acceptors (Lipinski definition) is 4. The van der Waals surface area contributed by atoms with Crippen molar-refractivity contribution in [3.05, 3.63) is 87.4 Å². The van der Waals surface area contributed by atoms with E-state index in [1.807, 2.05) is 0 Å². The molecule has 0 fully saturated rings. The van der Waals surface area contributed by atoms with Crippen LogP contribution in [0.1, 0.15) is 31.1 Å². The summed E-state index contributed by atoms with van der Waals surface area (Å²) in [6.07, 6.45) is 0. The van der Waals surface area contributed by atoms with Gasteiger partial charge in [0.1, 0.15) is 5.75 Å². The molecule has 0 unspecified atom stereocenters. The smallest absolute Gasteiger partial charge is 0.266 e. The average molecular weight is 441 g/mol. The summed E-state index contributed by atoms with van der Waals surface area (Å²) < 4.78 is 5.08. The van der Waals surface area contributed by atoms with Crippen LogP contribution in [-0.2, 0) is 0 Å². The quantitative estimate of drug-likeness (QED) is 0.575. The Labute approximate surface area is 182 Å². The van der Waals surface area contributed by atoms with Crippen LogP contribution in [0.15, 0.2) is 60.7 Å². The number of halogens is 2. The fourth-order valence-corrected chi connectivity index (χ4v) is 3.65. The SMILES string of the molecule is COc1ccc(C(=O)Nc2ccc(N3C(=O)c4ccccc4C3=O)cc2Cl)cc1Cl. The molecule has 6 nitrogen and oxygen atoms in total. The zero-order valence-electron chi connectivity index (χ0n) is 15.6. The third-order valence-electron chi connectivity index (χ3n) is 4.67. The van der Waals surface area contributed by atoms with E-state index in [0.717, 1.165) is 4.90 Å². The minimum absolute atomic E-state index is 0.178. The summed E-state index contributed by atoms with van der Waals surface area (Å²) in [6, 6.07) is 15.8. The Balaban J connectivity index is 1.57. The molecule has 4 rings (SSSR count). The molecule has 0 bridgehead atoms. The number of anilines is 2. The predicted molar refractivity (Wildman–Crippen MR) is 115 cm³/mol. The number of methoxy groups -OCH3 is 1. The summed E-state index contributed by atoms with van der Waals surface area (Å²) in [6.45, 7) is 0. The van der Waals surface area contributed by atoms with Gasteiger partial charge in [0, 0.05) is 5.56 Å². The van der Waals surface area contributed by atoms with Gasteiger partial charge in [-0.15, -0.1) is 0 Å². The fourth-order valence-electron chi connectivity index (χ4n) is 3.17. The molecule has 1 aliphatic heterocycles. The lowest BCUT2D eigenvalue weighted by Crippen LogP contribution is -2.29. The monoisotopic (exact) mass is 440 g/mol. The molecule has 3 aromatic carbocycles. The summed E-state index contributed by atoms with van der Waals surface area (Å²) in [5.41, 5.74) is 1.65. The van der Waals surface area contributed by atoms with Crippen LogP contribution in [0.25, 0.3) is 0 Å². The first-order valence-corrected chi connectivity index (χ1v) is 9.58. The Morgan fingerprint density at radius 2 is 1.57 bits per heavy atom. The molecule has 1 aliphatic rings. The summed E-state index contributed by atoms with van der Waals surface area (Å²) in [7, 11) is 1.48. The van der Waals surface area contributed by atoms with Crippen molar-refractivity contribution in [2.24, 2.45) is 0 Å². The van der Waals surface area contributed by atoms with Crippen molar-refractivity contribution in [2.45, 2.75) is 0 Å². The highest BCUT2D eigenvalue weighted by Gasteiger charge is 2.36. The summed E-state index contributed by atoms with van der Waals surface area (Å²) in [5.74, 6) is -0.806. The topological polar surface area (TPSA) is 75.7 Å². The van der Waals surface area contributed by atoms with Gasteiger partial charge in [-0.3, -0.25) is 14.4 Å². The highest BCUT2D eigenvalue weighted by atomic mass is 35.5. The molecule has 0 radical (unpaired) electrons. The lowest BCUT2D eigenvalue weighted by molar-refractivity contribution is 0.0924. The third-order valence-corrected chi connectivity index (χ3v) is 5.28. The molecule has 3 aromatic rings. The second-order valence-electron chi connectivity index (χ2n) is 6.46. The van der Waals surface area contributed by atoms with Crippen molar-refractivity contribution in [3.8, 4) is 5.75 Å². The minimum atomic E-state index is -0.421. The van der Waals surface area contributed by atoms with E-state index in [0.29, 0.717) is 38.8 Å². The number of rotatable bonds is 4. The highest BCUT2D eigenvalue weighted by molar-refractivity contribution is 6.37. The van der Waals surface area contributed by atoms with Gasteiger partial charge in [0.15, 0.2) is 0 Å². The van der Waals surface area contributed by atoms with Crippen molar-refractivity contribution in [1.29, 1.82) is 0 Å². The predicted octanol–water partition coefficient (Wildman–Crippen LogP) is 5.05. The number of imide groups is 1. The third kappa shape index (κ3) is 3.40. The van der Waals surface area contributed by atoms with Crippen LogP contribution < -0.4 is 15.0 Å². The molecule has 0 saturated carbocycles. The van der Waals surface area contributed by atoms with E-state index in [-0.39, 0.29) is 5.02 Å². The first-order chi connectivity index (χ1) is 14.4. The zero-order valence-corrected chi connectivity index (χ0v) is 17.1. The van der Waals surface area contributed by atoms with Crippen LogP contribution in [0, 0.1) is 0 Å². The van der Waals surface area contributed by atoms with Gasteiger partial charge in [0.2, 0.25) is 0 Å². The van der Waals surface area contributed by atoms with Gasteiger partial charge in [-0.1, -0.05) is 35.3 Å². The Bertz CT molecular complexity index is 1170. The molecule has 1 N–H and O–H groups in total. The van der Waals surface area contributed by atoms with Crippen LogP contribution in [0.5, 0.6) is 5.75 Å². The molecular formula is C22H14Cl2N2O4. The number of carbonyl (C=O) groups is 3. The zero-order chi connectivity index (χ0) is 21.4. The molecule has 0 saturated heterocycles. The summed E-state index contributed by atoms with van der Waals surface area (Å²) in [5, 5.41) is 3.17. The van der Waals surface area contributed by atoms with E-state index in [2.05, 4.69) is 5.32 Å². The maximum atomic E-state index is 12.6. The lowest BCUT2D eigenvalue weighted by Gasteiger charge is -2.16. The van der Waals surface area contributed by atoms with Crippen molar-refractivity contribution in [1.82, 2.24) is 0 Å². The van der Waals surface area contributed by atoms with Crippen LogP contribution in [0.4, 0.5) is 11.4 Å². The number of hydrogen-bond donors (Lipinski definition) is 1. The van der Waals surface area contributed by atoms with Gasteiger partial charge < -0.3 is 10.1 Å². The van der Waals surface area contributed by atoms with E-state index in [4.69, 9.17) is 27.9 Å².